The highest BCUT2D eigenvalue weighted by Crippen LogP contribution is 2.16. The van der Waals surface area contributed by atoms with Gasteiger partial charge >= 0.3 is 0 Å². The van der Waals surface area contributed by atoms with Crippen LogP contribution in [0.25, 0.3) is 0 Å². The molecule has 18 heavy (non-hydrogen) atoms. The van der Waals surface area contributed by atoms with Crippen LogP contribution in [-0.4, -0.2) is 40.0 Å². The van der Waals surface area contributed by atoms with E-state index >= 15 is 0 Å². The van der Waals surface area contributed by atoms with Gasteiger partial charge in [0.1, 0.15) is 12.4 Å². The van der Waals surface area contributed by atoms with Gasteiger partial charge in [-0.25, -0.2) is 9.97 Å². The smallest absolute Gasteiger partial charge is 0.223 e. The van der Waals surface area contributed by atoms with Crippen LogP contribution in [0.5, 0.6) is 5.88 Å². The Morgan fingerprint density at radius 3 is 3.28 bits per heavy atom. The molecule has 5 nitrogen and oxygen atoms in total. The first kappa shape index (κ1) is 12.5. The van der Waals surface area contributed by atoms with E-state index in [1.807, 2.05) is 4.90 Å². The molecule has 0 N–H and O–H groups in total. The molecule has 1 aliphatic heterocycles. The van der Waals surface area contributed by atoms with Crippen LogP contribution in [0.1, 0.15) is 19.3 Å². The molecule has 0 aliphatic carbocycles. The van der Waals surface area contributed by atoms with Crippen LogP contribution >= 0.6 is 0 Å². The first-order valence-corrected chi connectivity index (χ1v) is 6.11. The van der Waals surface area contributed by atoms with Crippen molar-refractivity contribution in [3.8, 4) is 5.88 Å². The molecule has 0 saturated carbocycles. The van der Waals surface area contributed by atoms with Crippen molar-refractivity contribution in [3.05, 3.63) is 31.2 Å². The van der Waals surface area contributed by atoms with Gasteiger partial charge in [0.05, 0.1) is 6.54 Å². The summed E-state index contributed by atoms with van der Waals surface area (Å²) >= 11 is 0. The maximum Gasteiger partial charge on any atom is 0.223 e. The Balaban J connectivity index is 1.81. The summed E-state index contributed by atoms with van der Waals surface area (Å²) in [6.07, 6.45) is 7.01. The number of rotatable bonds is 5. The average Bonchev–Trinajstić information content (AvgIpc) is 2.86. The quantitative estimate of drug-likeness (QED) is 0.738. The number of nitrogens with zero attached hydrogens (tertiary/aromatic N) is 3. The Labute approximate surface area is 106 Å². The van der Waals surface area contributed by atoms with Gasteiger partial charge in [0.15, 0.2) is 0 Å². The van der Waals surface area contributed by atoms with E-state index in [4.69, 9.17) is 4.74 Å². The lowest BCUT2D eigenvalue weighted by molar-refractivity contribution is -0.130. The number of hydrogen-bond acceptors (Lipinski definition) is 4. The zero-order valence-corrected chi connectivity index (χ0v) is 10.3. The molecule has 1 aromatic heterocycles. The van der Waals surface area contributed by atoms with Gasteiger partial charge in [0.2, 0.25) is 11.8 Å². The minimum atomic E-state index is 0.0348. The second-order valence-electron chi connectivity index (χ2n) is 4.24. The van der Waals surface area contributed by atoms with Crippen LogP contribution in [0, 0.1) is 0 Å². The minimum Gasteiger partial charge on any atom is -0.472 e. The van der Waals surface area contributed by atoms with Crippen molar-refractivity contribution < 1.29 is 9.53 Å². The average molecular weight is 247 g/mol. The largest absolute Gasteiger partial charge is 0.472 e. The van der Waals surface area contributed by atoms with Crippen molar-refractivity contribution in [2.24, 2.45) is 0 Å². The van der Waals surface area contributed by atoms with Gasteiger partial charge in [0.25, 0.3) is 0 Å². The Kier molecular flexibility index (Phi) is 4.28. The van der Waals surface area contributed by atoms with E-state index in [1.54, 1.807) is 18.3 Å². The topological polar surface area (TPSA) is 55.3 Å². The third-order valence-electron chi connectivity index (χ3n) is 2.90. The summed E-state index contributed by atoms with van der Waals surface area (Å²) in [5, 5.41) is 0. The number of carbonyl (C=O) groups is 1. The molecule has 96 valence electrons. The molecule has 0 radical (unpaired) electrons. The van der Waals surface area contributed by atoms with Crippen LogP contribution in [0.2, 0.25) is 0 Å². The zero-order chi connectivity index (χ0) is 12.8. The van der Waals surface area contributed by atoms with Gasteiger partial charge in [-0.15, -0.1) is 6.58 Å². The highest BCUT2D eigenvalue weighted by Gasteiger charge is 2.27. The van der Waals surface area contributed by atoms with Crippen molar-refractivity contribution in [1.29, 1.82) is 0 Å². The van der Waals surface area contributed by atoms with E-state index in [1.165, 1.54) is 6.33 Å². The van der Waals surface area contributed by atoms with Crippen LogP contribution in [0.15, 0.2) is 31.2 Å². The third kappa shape index (κ3) is 3.29. The molecule has 1 atom stereocenters. The van der Waals surface area contributed by atoms with Gasteiger partial charge in [0, 0.05) is 31.6 Å². The third-order valence-corrected chi connectivity index (χ3v) is 2.90. The van der Waals surface area contributed by atoms with Crippen molar-refractivity contribution in [2.45, 2.75) is 25.4 Å². The fourth-order valence-electron chi connectivity index (χ4n) is 1.95. The molecule has 1 aliphatic rings. The number of amides is 1. The molecule has 2 heterocycles. The van der Waals surface area contributed by atoms with Crippen molar-refractivity contribution in [2.75, 3.05) is 13.1 Å². The second kappa shape index (κ2) is 6.14. The van der Waals surface area contributed by atoms with Gasteiger partial charge in [-0.05, 0) is 6.42 Å². The molecule has 5 heteroatoms. The van der Waals surface area contributed by atoms with Gasteiger partial charge in [-0.3, -0.25) is 4.79 Å². The fraction of sp³-hybridized carbons (Fsp3) is 0.462. The summed E-state index contributed by atoms with van der Waals surface area (Å²) in [6.45, 7) is 5.01. The number of carbonyl (C=O) groups excluding carboxylic acids is 1. The van der Waals surface area contributed by atoms with E-state index in [-0.39, 0.29) is 12.0 Å². The standard InChI is InChI=1S/C13H17N3O2/c1-2-3-4-13(17)16-8-6-11(9-16)18-12-5-7-14-10-15-12/h2,5,7,10-11H,1,3-4,6,8-9H2/t11-/m0/s1. The first-order chi connectivity index (χ1) is 8.79. The Morgan fingerprint density at radius 1 is 1.67 bits per heavy atom. The van der Waals surface area contributed by atoms with Crippen molar-refractivity contribution in [3.63, 3.8) is 0 Å². The SMILES string of the molecule is C=CCCC(=O)N1CC[C@H](Oc2ccncn2)C1. The Hall–Kier alpha value is -1.91. The maximum atomic E-state index is 11.8. The van der Waals surface area contributed by atoms with Crippen molar-refractivity contribution in [1.82, 2.24) is 14.9 Å². The van der Waals surface area contributed by atoms with E-state index in [0.717, 1.165) is 19.4 Å². The van der Waals surface area contributed by atoms with E-state index < -0.39 is 0 Å². The molecule has 0 bridgehead atoms. The van der Waals surface area contributed by atoms with Gasteiger partial charge < -0.3 is 9.64 Å². The van der Waals surface area contributed by atoms with Gasteiger partial charge in [-0.1, -0.05) is 6.08 Å². The fourth-order valence-corrected chi connectivity index (χ4v) is 1.95. The lowest BCUT2D eigenvalue weighted by atomic mass is 10.3. The van der Waals surface area contributed by atoms with Crippen LogP contribution in [-0.2, 0) is 4.79 Å². The zero-order valence-electron chi connectivity index (χ0n) is 10.3. The molecule has 0 spiro atoms. The minimum absolute atomic E-state index is 0.0348. The van der Waals surface area contributed by atoms with Gasteiger partial charge in [-0.2, -0.15) is 0 Å². The lowest BCUT2D eigenvalue weighted by Gasteiger charge is -2.16. The first-order valence-electron chi connectivity index (χ1n) is 6.11. The Morgan fingerprint density at radius 2 is 2.56 bits per heavy atom. The van der Waals surface area contributed by atoms with Crippen LogP contribution in [0.4, 0.5) is 0 Å². The molecule has 0 aromatic carbocycles. The maximum absolute atomic E-state index is 11.8. The van der Waals surface area contributed by atoms with E-state index in [2.05, 4.69) is 16.5 Å². The molecule has 1 aromatic rings. The number of allylic oxidation sites excluding steroid dienone is 1. The molecular formula is C13H17N3O2. The molecule has 1 saturated heterocycles. The predicted octanol–water partition coefficient (Wildman–Crippen LogP) is 1.42. The summed E-state index contributed by atoms with van der Waals surface area (Å²) in [5.74, 6) is 0.735. The summed E-state index contributed by atoms with van der Waals surface area (Å²) in [6, 6.07) is 1.72. The lowest BCUT2D eigenvalue weighted by Crippen LogP contribution is -2.30. The summed E-state index contributed by atoms with van der Waals surface area (Å²) in [5.41, 5.74) is 0. The van der Waals surface area contributed by atoms with Crippen LogP contribution in [0.3, 0.4) is 0 Å². The highest BCUT2D eigenvalue weighted by molar-refractivity contribution is 5.76. The normalized spacial score (nSPS) is 18.7. The number of aromatic nitrogens is 2. The van der Waals surface area contributed by atoms with E-state index in [9.17, 15) is 4.79 Å². The summed E-state index contributed by atoms with van der Waals surface area (Å²) in [4.78, 5) is 21.5. The van der Waals surface area contributed by atoms with E-state index in [0.29, 0.717) is 18.8 Å². The number of likely N-dealkylation sites (tertiary alicyclic amines) is 1. The second-order valence-corrected chi connectivity index (χ2v) is 4.24. The number of hydrogen-bond donors (Lipinski definition) is 0. The molecule has 0 unspecified atom stereocenters. The molecule has 2 rings (SSSR count). The molecule has 1 fully saturated rings. The summed E-state index contributed by atoms with van der Waals surface area (Å²) < 4.78 is 5.70. The highest BCUT2D eigenvalue weighted by atomic mass is 16.5. The Bertz CT molecular complexity index is 408. The van der Waals surface area contributed by atoms with Crippen molar-refractivity contribution >= 4 is 5.91 Å². The number of ether oxygens (including phenoxy) is 1. The predicted molar refractivity (Wildman–Crippen MR) is 67.1 cm³/mol. The molecule has 1 amide bonds. The molecular weight excluding hydrogens is 230 g/mol. The summed E-state index contributed by atoms with van der Waals surface area (Å²) in [7, 11) is 0. The monoisotopic (exact) mass is 247 g/mol. The van der Waals surface area contributed by atoms with Crippen LogP contribution < -0.4 is 4.74 Å².